The first-order chi connectivity index (χ1) is 16.7. The second-order valence-electron chi connectivity index (χ2n) is 9.87. The van der Waals surface area contributed by atoms with Crippen molar-refractivity contribution in [3.63, 3.8) is 0 Å². The lowest BCUT2D eigenvalue weighted by atomic mass is 10.0. The van der Waals surface area contributed by atoms with Crippen molar-refractivity contribution in [1.29, 1.82) is 0 Å². The van der Waals surface area contributed by atoms with Gasteiger partial charge < -0.3 is 15.0 Å². The molecule has 2 aromatic rings. The smallest absolute Gasteiger partial charge is 0.244 e. The van der Waals surface area contributed by atoms with Gasteiger partial charge in [-0.15, -0.1) is 0 Å². The van der Waals surface area contributed by atoms with Gasteiger partial charge in [-0.1, -0.05) is 36.8 Å². The zero-order chi connectivity index (χ0) is 27.1. The normalized spacial score (nSPS) is 12.5. The second kappa shape index (κ2) is 12.3. The summed E-state index contributed by atoms with van der Waals surface area (Å²) in [5.74, 6) is -0.142. The van der Waals surface area contributed by atoms with Crippen LogP contribution in [0.5, 0.6) is 5.75 Å². The molecule has 0 aromatic heterocycles. The fourth-order valence-electron chi connectivity index (χ4n) is 3.87. The molecule has 0 spiro atoms. The molecule has 1 atom stereocenters. The molecule has 0 aliphatic carbocycles. The molecule has 0 saturated heterocycles. The van der Waals surface area contributed by atoms with Gasteiger partial charge in [-0.2, -0.15) is 0 Å². The van der Waals surface area contributed by atoms with E-state index in [0.29, 0.717) is 24.5 Å². The van der Waals surface area contributed by atoms with Gasteiger partial charge in [0.25, 0.3) is 0 Å². The Morgan fingerprint density at radius 3 is 2.19 bits per heavy atom. The molecule has 2 amide bonds. The SMILES string of the molecule is CCOc1ccc(N(CC(=O)N(Cc2cccc(C)c2)[C@@H](CC)C(=O)NC(C)(C)C)S(C)(=O)=O)cc1. The van der Waals surface area contributed by atoms with E-state index in [9.17, 15) is 18.0 Å². The largest absolute Gasteiger partial charge is 0.494 e. The molecular formula is C27H39N3O5S. The van der Waals surface area contributed by atoms with Crippen molar-refractivity contribution in [3.05, 3.63) is 59.7 Å². The molecule has 2 rings (SSSR count). The third kappa shape index (κ3) is 8.55. The van der Waals surface area contributed by atoms with Crippen LogP contribution in [0.2, 0.25) is 0 Å². The fraction of sp³-hybridized carbons (Fsp3) is 0.481. The molecule has 0 heterocycles. The lowest BCUT2D eigenvalue weighted by Gasteiger charge is -2.34. The lowest BCUT2D eigenvalue weighted by Crippen LogP contribution is -2.55. The predicted molar refractivity (Wildman–Crippen MR) is 144 cm³/mol. The summed E-state index contributed by atoms with van der Waals surface area (Å²) >= 11 is 0. The molecule has 8 nitrogen and oxygen atoms in total. The summed E-state index contributed by atoms with van der Waals surface area (Å²) in [5.41, 5.74) is 1.75. The molecule has 1 N–H and O–H groups in total. The standard InChI is InChI=1S/C27H39N3O5S/c1-8-24(26(32)28-27(4,5)6)29(18-21-12-10-11-20(3)17-21)25(31)19-30(36(7,33)34)22-13-15-23(16-14-22)35-9-2/h10-17,24H,8-9,18-19H2,1-7H3,(H,28,32)/t24-/m0/s1. The van der Waals surface area contributed by atoms with Gasteiger partial charge in [-0.25, -0.2) is 8.42 Å². The Bertz CT molecular complexity index is 1140. The molecule has 198 valence electrons. The molecule has 0 bridgehead atoms. The highest BCUT2D eigenvalue weighted by Gasteiger charge is 2.33. The van der Waals surface area contributed by atoms with Crippen LogP contribution in [0.15, 0.2) is 48.5 Å². The number of aryl methyl sites for hydroxylation is 1. The van der Waals surface area contributed by atoms with Gasteiger partial charge >= 0.3 is 0 Å². The summed E-state index contributed by atoms with van der Waals surface area (Å²) in [4.78, 5) is 28.4. The van der Waals surface area contributed by atoms with Crippen LogP contribution in [0, 0.1) is 6.92 Å². The molecule has 2 aromatic carbocycles. The highest BCUT2D eigenvalue weighted by Crippen LogP contribution is 2.23. The summed E-state index contributed by atoms with van der Waals surface area (Å²) < 4.78 is 31.9. The molecule has 0 aliphatic heterocycles. The number of hydrogen-bond donors (Lipinski definition) is 1. The van der Waals surface area contributed by atoms with Gasteiger partial charge in [0.1, 0.15) is 18.3 Å². The van der Waals surface area contributed by atoms with Crippen molar-refractivity contribution in [2.75, 3.05) is 23.7 Å². The van der Waals surface area contributed by atoms with Gasteiger partial charge in [-0.3, -0.25) is 13.9 Å². The summed E-state index contributed by atoms with van der Waals surface area (Å²) in [5, 5.41) is 2.96. The lowest BCUT2D eigenvalue weighted by molar-refractivity contribution is -0.141. The monoisotopic (exact) mass is 517 g/mol. The molecule has 9 heteroatoms. The quantitative estimate of drug-likeness (QED) is 0.488. The molecule has 0 unspecified atom stereocenters. The Morgan fingerprint density at radius 1 is 1.06 bits per heavy atom. The van der Waals surface area contributed by atoms with Crippen LogP contribution < -0.4 is 14.4 Å². The Kier molecular flexibility index (Phi) is 9.93. The minimum absolute atomic E-state index is 0.178. The number of carbonyl (C=O) groups is 2. The molecular weight excluding hydrogens is 478 g/mol. The summed E-state index contributed by atoms with van der Waals surface area (Å²) in [6.45, 7) is 11.5. The number of carbonyl (C=O) groups excluding carboxylic acids is 2. The maximum absolute atomic E-state index is 13.7. The maximum atomic E-state index is 13.7. The third-order valence-corrected chi connectivity index (χ3v) is 6.58. The Hall–Kier alpha value is -3.07. The van der Waals surface area contributed by atoms with Gasteiger partial charge in [0, 0.05) is 12.1 Å². The van der Waals surface area contributed by atoms with E-state index in [2.05, 4.69) is 5.32 Å². The van der Waals surface area contributed by atoms with Gasteiger partial charge in [-0.05, 0) is 70.9 Å². The van der Waals surface area contributed by atoms with Crippen LogP contribution in [0.3, 0.4) is 0 Å². The first-order valence-electron chi connectivity index (χ1n) is 12.1. The molecule has 0 saturated carbocycles. The van der Waals surface area contributed by atoms with Crippen LogP contribution in [-0.4, -0.2) is 56.1 Å². The highest BCUT2D eigenvalue weighted by molar-refractivity contribution is 7.92. The fourth-order valence-corrected chi connectivity index (χ4v) is 4.72. The van der Waals surface area contributed by atoms with Gasteiger partial charge in [0.15, 0.2) is 0 Å². The van der Waals surface area contributed by atoms with Gasteiger partial charge in [0.05, 0.1) is 18.6 Å². The van der Waals surface area contributed by atoms with E-state index in [4.69, 9.17) is 4.74 Å². The van der Waals surface area contributed by atoms with Gasteiger partial charge in [0.2, 0.25) is 21.8 Å². The zero-order valence-corrected chi connectivity index (χ0v) is 23.2. The van der Waals surface area contributed by atoms with Crippen molar-refractivity contribution >= 4 is 27.5 Å². The first kappa shape index (κ1) is 29.2. The average molecular weight is 518 g/mol. The van der Waals surface area contributed by atoms with E-state index in [1.165, 1.54) is 4.90 Å². The van der Waals surface area contributed by atoms with Crippen molar-refractivity contribution in [1.82, 2.24) is 10.2 Å². The Morgan fingerprint density at radius 2 is 1.69 bits per heavy atom. The van der Waals surface area contributed by atoms with Crippen LogP contribution in [0.25, 0.3) is 0 Å². The predicted octanol–water partition coefficient (Wildman–Crippen LogP) is 3.88. The van der Waals surface area contributed by atoms with E-state index in [1.807, 2.05) is 65.8 Å². The molecule has 0 fully saturated rings. The van der Waals surface area contributed by atoms with E-state index in [1.54, 1.807) is 24.3 Å². The third-order valence-electron chi connectivity index (χ3n) is 5.43. The maximum Gasteiger partial charge on any atom is 0.244 e. The minimum Gasteiger partial charge on any atom is -0.494 e. The van der Waals surface area contributed by atoms with Crippen LogP contribution in [0.4, 0.5) is 5.69 Å². The number of benzene rings is 2. The Balaban J connectivity index is 2.44. The first-order valence-corrected chi connectivity index (χ1v) is 14.0. The highest BCUT2D eigenvalue weighted by atomic mass is 32.2. The number of amides is 2. The zero-order valence-electron chi connectivity index (χ0n) is 22.4. The number of nitrogens with one attached hydrogen (secondary N) is 1. The molecule has 36 heavy (non-hydrogen) atoms. The Labute approximate surface area is 215 Å². The molecule has 0 aliphatic rings. The summed E-state index contributed by atoms with van der Waals surface area (Å²) in [6.07, 6.45) is 1.44. The van der Waals surface area contributed by atoms with E-state index in [0.717, 1.165) is 21.7 Å². The van der Waals surface area contributed by atoms with E-state index < -0.39 is 34.1 Å². The number of sulfonamides is 1. The summed E-state index contributed by atoms with van der Waals surface area (Å²) in [7, 11) is -3.79. The van der Waals surface area contributed by atoms with Crippen molar-refractivity contribution < 1.29 is 22.7 Å². The van der Waals surface area contributed by atoms with Crippen LogP contribution >= 0.6 is 0 Å². The van der Waals surface area contributed by atoms with Crippen LogP contribution in [0.1, 0.15) is 52.2 Å². The van der Waals surface area contributed by atoms with Crippen LogP contribution in [-0.2, 0) is 26.2 Å². The summed E-state index contributed by atoms with van der Waals surface area (Å²) in [6, 6.07) is 13.5. The second-order valence-corrected chi connectivity index (χ2v) is 11.8. The van der Waals surface area contributed by atoms with Crippen molar-refractivity contribution in [2.24, 2.45) is 0 Å². The van der Waals surface area contributed by atoms with E-state index in [-0.39, 0.29) is 12.5 Å². The number of hydrogen-bond acceptors (Lipinski definition) is 5. The molecule has 0 radical (unpaired) electrons. The number of nitrogens with zero attached hydrogens (tertiary/aromatic N) is 2. The minimum atomic E-state index is -3.79. The van der Waals surface area contributed by atoms with E-state index >= 15 is 0 Å². The number of ether oxygens (including phenoxy) is 1. The van der Waals surface area contributed by atoms with Crippen molar-refractivity contribution in [2.45, 2.75) is 66.1 Å². The average Bonchev–Trinajstić information content (AvgIpc) is 2.76. The number of rotatable bonds is 11. The topological polar surface area (TPSA) is 96.0 Å². The van der Waals surface area contributed by atoms with Crippen molar-refractivity contribution in [3.8, 4) is 5.75 Å². The number of anilines is 1.